The summed E-state index contributed by atoms with van der Waals surface area (Å²) < 4.78 is 5.12. The van der Waals surface area contributed by atoms with Crippen LogP contribution in [0, 0.1) is 0 Å². The van der Waals surface area contributed by atoms with E-state index in [0.717, 1.165) is 6.61 Å². The molecule has 0 unspecified atom stereocenters. The maximum Gasteiger partial charge on any atom is 0.120 e. The molecule has 0 aromatic heterocycles. The number of halogens is 1. The van der Waals surface area contributed by atoms with Crippen molar-refractivity contribution in [2.45, 2.75) is 38.5 Å². The largest absolute Gasteiger partial charge is 0.366 e. The van der Waals surface area contributed by atoms with Gasteiger partial charge in [-0.3, -0.25) is 0 Å². The van der Waals surface area contributed by atoms with E-state index in [2.05, 4.69) is 20.0 Å². The minimum atomic E-state index is -0.924. The van der Waals surface area contributed by atoms with Crippen LogP contribution in [0.25, 0.3) is 0 Å². The van der Waals surface area contributed by atoms with E-state index < -0.39 is 8.07 Å². The van der Waals surface area contributed by atoms with E-state index >= 15 is 0 Å². The molecule has 0 heterocycles. The van der Waals surface area contributed by atoms with E-state index in [9.17, 15) is 0 Å². The summed E-state index contributed by atoms with van der Waals surface area (Å²) in [5.74, 6) is 0. The zero-order chi connectivity index (χ0) is 8.74. The molecule has 0 spiro atoms. The van der Waals surface area contributed by atoms with Crippen molar-refractivity contribution in [3.63, 3.8) is 0 Å². The normalized spacial score (nSPS) is 12.0. The molecule has 0 amide bonds. The van der Waals surface area contributed by atoms with Gasteiger partial charge in [0.25, 0.3) is 0 Å². The van der Waals surface area contributed by atoms with Crippen molar-refractivity contribution in [1.29, 1.82) is 0 Å². The van der Waals surface area contributed by atoms with Gasteiger partial charge in [-0.05, 0) is 6.04 Å². The lowest BCUT2D eigenvalue weighted by molar-refractivity contribution is 0.194. The molecule has 11 heavy (non-hydrogen) atoms. The molecule has 0 bridgehead atoms. The van der Waals surface area contributed by atoms with Crippen molar-refractivity contribution in [2.24, 2.45) is 0 Å². The Morgan fingerprint density at radius 2 is 1.91 bits per heavy atom. The second kappa shape index (κ2) is 6.04. The van der Waals surface area contributed by atoms with Gasteiger partial charge in [0, 0.05) is 14.7 Å². The molecule has 0 aliphatic rings. The molecule has 0 aromatic carbocycles. The highest BCUT2D eigenvalue weighted by atomic mass is 35.5. The summed E-state index contributed by atoms with van der Waals surface area (Å²) in [5.41, 5.74) is 0. The third kappa shape index (κ3) is 6.85. The van der Waals surface area contributed by atoms with Crippen LogP contribution < -0.4 is 0 Å². The topological polar surface area (TPSA) is 9.23 Å². The number of hydrogen-bond acceptors (Lipinski definition) is 1. The van der Waals surface area contributed by atoms with Gasteiger partial charge in [-0.25, -0.2) is 0 Å². The Labute approximate surface area is 76.1 Å². The molecule has 1 nitrogen and oxygen atoms in total. The maximum atomic E-state index is 5.40. The van der Waals surface area contributed by atoms with E-state index in [4.69, 9.17) is 16.3 Å². The zero-order valence-corrected chi connectivity index (χ0v) is 9.58. The predicted molar refractivity (Wildman–Crippen MR) is 54.1 cm³/mol. The van der Waals surface area contributed by atoms with Gasteiger partial charge in [0.1, 0.15) is 6.07 Å². The second-order valence-corrected chi connectivity index (χ2v) is 9.23. The minimum absolute atomic E-state index is 0.344. The van der Waals surface area contributed by atoms with Crippen molar-refractivity contribution in [2.75, 3.05) is 12.7 Å². The zero-order valence-electron chi connectivity index (χ0n) is 7.82. The van der Waals surface area contributed by atoms with Crippen LogP contribution in [0.4, 0.5) is 0 Å². The molecule has 0 N–H and O–H groups in total. The van der Waals surface area contributed by atoms with Gasteiger partial charge < -0.3 is 4.74 Å². The lowest BCUT2D eigenvalue weighted by atomic mass is 10.6. The number of hydrogen-bond donors (Lipinski definition) is 0. The Bertz CT molecular complexity index is 96.1. The Balaban J connectivity index is 3.38. The third-order valence-corrected chi connectivity index (χ3v) is 5.49. The van der Waals surface area contributed by atoms with E-state index in [1.54, 1.807) is 0 Å². The summed E-state index contributed by atoms with van der Waals surface area (Å²) in [6, 6.07) is 2.99. The van der Waals surface area contributed by atoms with Crippen LogP contribution in [-0.2, 0) is 4.74 Å². The van der Waals surface area contributed by atoms with Crippen molar-refractivity contribution < 1.29 is 4.74 Å². The van der Waals surface area contributed by atoms with Crippen molar-refractivity contribution in [3.8, 4) is 0 Å². The lowest BCUT2D eigenvalue weighted by Gasteiger charge is -2.20. The monoisotopic (exact) mass is 194 g/mol. The average Bonchev–Trinajstić information content (AvgIpc) is 1.87. The van der Waals surface area contributed by atoms with E-state index in [1.165, 1.54) is 18.5 Å². The van der Waals surface area contributed by atoms with Gasteiger partial charge >= 0.3 is 0 Å². The summed E-state index contributed by atoms with van der Waals surface area (Å²) in [7, 11) is -0.924. The molecule has 0 atom stereocenters. The van der Waals surface area contributed by atoms with Crippen LogP contribution in [0.5, 0.6) is 0 Å². The highest BCUT2D eigenvalue weighted by molar-refractivity contribution is 6.77. The van der Waals surface area contributed by atoms with Crippen molar-refractivity contribution in [3.05, 3.63) is 0 Å². The molecule has 0 saturated carbocycles. The van der Waals surface area contributed by atoms with Crippen LogP contribution in [0.15, 0.2) is 0 Å². The number of alkyl halides is 1. The van der Waals surface area contributed by atoms with Crippen molar-refractivity contribution in [1.82, 2.24) is 0 Å². The molecule has 0 aliphatic heterocycles. The predicted octanol–water partition coefficient (Wildman–Crippen LogP) is 3.32. The molecular weight excluding hydrogens is 176 g/mol. The number of rotatable bonds is 6. The van der Waals surface area contributed by atoms with Crippen molar-refractivity contribution >= 4 is 19.7 Å². The summed E-state index contributed by atoms with van der Waals surface area (Å²) >= 11 is 5.40. The first-order valence-corrected chi connectivity index (χ1v) is 8.21. The molecule has 0 aliphatic carbocycles. The van der Waals surface area contributed by atoms with E-state index in [0.29, 0.717) is 6.07 Å². The average molecular weight is 195 g/mol. The van der Waals surface area contributed by atoms with Gasteiger partial charge in [0.05, 0.1) is 0 Å². The van der Waals surface area contributed by atoms with Gasteiger partial charge in [0.2, 0.25) is 0 Å². The standard InChI is InChI=1S/C8H19ClOSi/c1-4-6-11(2,3)7-5-10-8-9/h4-8H2,1-3H3. The smallest absolute Gasteiger partial charge is 0.120 e. The van der Waals surface area contributed by atoms with Gasteiger partial charge in [-0.1, -0.05) is 44.1 Å². The van der Waals surface area contributed by atoms with E-state index in [-0.39, 0.29) is 0 Å². The summed E-state index contributed by atoms with van der Waals surface area (Å²) in [6.45, 7) is 7.92. The highest BCUT2D eigenvalue weighted by Crippen LogP contribution is 2.16. The maximum absolute atomic E-state index is 5.40. The molecule has 0 radical (unpaired) electrons. The minimum Gasteiger partial charge on any atom is -0.366 e. The fraction of sp³-hybridized carbons (Fsp3) is 1.00. The van der Waals surface area contributed by atoms with E-state index in [1.807, 2.05) is 0 Å². The first kappa shape index (κ1) is 11.5. The van der Waals surface area contributed by atoms with Crippen LogP contribution in [-0.4, -0.2) is 20.7 Å². The van der Waals surface area contributed by atoms with Crippen LogP contribution in [0.3, 0.4) is 0 Å². The van der Waals surface area contributed by atoms with Gasteiger partial charge in [0.15, 0.2) is 0 Å². The van der Waals surface area contributed by atoms with Crippen LogP contribution in [0.2, 0.25) is 25.2 Å². The molecule has 68 valence electrons. The van der Waals surface area contributed by atoms with Gasteiger partial charge in [-0.2, -0.15) is 0 Å². The Morgan fingerprint density at radius 1 is 1.27 bits per heavy atom. The molecule has 0 rings (SSSR count). The number of ether oxygens (including phenoxy) is 1. The first-order chi connectivity index (χ1) is 5.12. The molecule has 0 aromatic rings. The quantitative estimate of drug-likeness (QED) is 0.358. The Kier molecular flexibility index (Phi) is 6.29. The Morgan fingerprint density at radius 3 is 2.36 bits per heavy atom. The highest BCUT2D eigenvalue weighted by Gasteiger charge is 2.18. The molecule has 3 heteroatoms. The molecule has 0 saturated heterocycles. The van der Waals surface area contributed by atoms with Crippen LogP contribution >= 0.6 is 11.6 Å². The summed E-state index contributed by atoms with van der Waals surface area (Å²) in [5, 5.41) is 0. The SMILES string of the molecule is CCC[Si](C)(C)CCOCCl. The van der Waals surface area contributed by atoms with Gasteiger partial charge in [-0.15, -0.1) is 0 Å². The molecule has 0 fully saturated rings. The Hall–Kier alpha value is 0.467. The summed E-state index contributed by atoms with van der Waals surface area (Å²) in [4.78, 5) is 0. The fourth-order valence-electron chi connectivity index (χ4n) is 1.20. The third-order valence-electron chi connectivity index (χ3n) is 1.93. The lowest BCUT2D eigenvalue weighted by Crippen LogP contribution is -2.26. The summed E-state index contributed by atoms with van der Waals surface area (Å²) in [6.07, 6.45) is 1.31. The molecular formula is C8H19ClOSi. The van der Waals surface area contributed by atoms with Crippen LogP contribution in [0.1, 0.15) is 13.3 Å². The fourth-order valence-corrected chi connectivity index (χ4v) is 3.61. The second-order valence-electron chi connectivity index (χ2n) is 3.68. The first-order valence-electron chi connectivity index (χ1n) is 4.26.